The molecule has 0 saturated carbocycles. The summed E-state index contributed by atoms with van der Waals surface area (Å²) in [4.78, 5) is 40.9. The van der Waals surface area contributed by atoms with E-state index in [9.17, 15) is 9.59 Å². The molecule has 10 heteroatoms. The number of aromatic nitrogens is 6. The maximum atomic E-state index is 14.1. The minimum Gasteiger partial charge on any atom is -0.342 e. The highest BCUT2D eigenvalue weighted by atomic mass is 32.1. The standard InChI is InChI=1S/C29H21N7O2S/c1-18-24(27-30-14-7-15-35(27)34-18)28(37)32-19(2)26-33-23-11-6-8-20(12-13-21-16-39-17-31-21)25(23)29(38)36(26)22-9-4-3-5-10-22/h3-11,14-17,19H,1-2H3,(H,32,37)/t19-/m1/s1. The van der Waals surface area contributed by atoms with Crippen molar-refractivity contribution in [3.8, 4) is 17.5 Å². The highest BCUT2D eigenvalue weighted by Crippen LogP contribution is 2.21. The van der Waals surface area contributed by atoms with Crippen molar-refractivity contribution < 1.29 is 4.79 Å². The Morgan fingerprint density at radius 1 is 1.05 bits per heavy atom. The summed E-state index contributed by atoms with van der Waals surface area (Å²) < 4.78 is 3.10. The summed E-state index contributed by atoms with van der Waals surface area (Å²) in [6.45, 7) is 3.56. The molecule has 2 aromatic carbocycles. The molecule has 0 bridgehead atoms. The topological polar surface area (TPSA) is 107 Å². The van der Waals surface area contributed by atoms with Gasteiger partial charge in [-0.3, -0.25) is 14.2 Å². The van der Waals surface area contributed by atoms with Gasteiger partial charge in [-0.25, -0.2) is 19.5 Å². The molecule has 0 radical (unpaired) electrons. The number of para-hydroxylation sites is 1. The molecule has 4 aromatic heterocycles. The van der Waals surface area contributed by atoms with Crippen LogP contribution in [0.25, 0.3) is 22.2 Å². The molecule has 0 aliphatic carbocycles. The Labute approximate surface area is 226 Å². The third-order valence-electron chi connectivity index (χ3n) is 6.23. The van der Waals surface area contributed by atoms with Crippen molar-refractivity contribution in [2.75, 3.05) is 0 Å². The molecule has 1 amide bonds. The van der Waals surface area contributed by atoms with Crippen LogP contribution in [-0.4, -0.2) is 35.0 Å². The molecule has 0 saturated heterocycles. The summed E-state index contributed by atoms with van der Waals surface area (Å²) in [5.41, 5.74) is 5.12. The Morgan fingerprint density at radius 3 is 2.69 bits per heavy atom. The lowest BCUT2D eigenvalue weighted by atomic mass is 10.1. The summed E-state index contributed by atoms with van der Waals surface area (Å²) in [7, 11) is 0. The highest BCUT2D eigenvalue weighted by Gasteiger charge is 2.24. The maximum Gasteiger partial charge on any atom is 0.267 e. The lowest BCUT2D eigenvalue weighted by Crippen LogP contribution is -2.33. The summed E-state index contributed by atoms with van der Waals surface area (Å²) in [5.74, 6) is 6.14. The van der Waals surface area contributed by atoms with Gasteiger partial charge in [0.1, 0.15) is 17.1 Å². The predicted molar refractivity (Wildman–Crippen MR) is 149 cm³/mol. The SMILES string of the molecule is Cc1nn2cccnc2c1C(=O)N[C@H](C)c1nc2cccc(C#Cc3cscn3)c2c(=O)n1-c1ccccc1. The van der Waals surface area contributed by atoms with E-state index < -0.39 is 6.04 Å². The molecule has 0 aliphatic rings. The summed E-state index contributed by atoms with van der Waals surface area (Å²) in [5, 5.41) is 9.63. The molecule has 6 rings (SSSR count). The molecule has 0 aliphatic heterocycles. The minimum atomic E-state index is -0.627. The van der Waals surface area contributed by atoms with E-state index in [1.807, 2.05) is 41.8 Å². The molecule has 1 N–H and O–H groups in total. The van der Waals surface area contributed by atoms with Crippen molar-refractivity contribution in [3.05, 3.63) is 117 Å². The average molecular weight is 532 g/mol. The lowest BCUT2D eigenvalue weighted by molar-refractivity contribution is 0.0938. The third kappa shape index (κ3) is 4.45. The van der Waals surface area contributed by atoms with Crippen LogP contribution in [0.1, 0.15) is 46.1 Å². The zero-order valence-corrected chi connectivity index (χ0v) is 21.8. The third-order valence-corrected chi connectivity index (χ3v) is 6.81. The van der Waals surface area contributed by atoms with Crippen LogP contribution in [-0.2, 0) is 0 Å². The number of aryl methyl sites for hydroxylation is 1. The summed E-state index contributed by atoms with van der Waals surface area (Å²) in [6, 6.07) is 15.7. The number of amides is 1. The molecule has 0 unspecified atom stereocenters. The number of nitrogens with zero attached hydrogens (tertiary/aromatic N) is 6. The number of hydrogen-bond acceptors (Lipinski definition) is 7. The first-order chi connectivity index (χ1) is 19.0. The smallest absolute Gasteiger partial charge is 0.267 e. The number of hydrogen-bond donors (Lipinski definition) is 1. The molecule has 4 heterocycles. The Balaban J connectivity index is 1.48. The second-order valence-electron chi connectivity index (χ2n) is 8.81. The number of carbonyl (C=O) groups excluding carboxylic acids is 1. The second kappa shape index (κ2) is 9.96. The van der Waals surface area contributed by atoms with Gasteiger partial charge in [0.05, 0.1) is 33.8 Å². The Kier molecular flexibility index (Phi) is 6.19. The number of benzene rings is 2. The Hall–Kier alpha value is -5.14. The zero-order chi connectivity index (χ0) is 26.9. The number of fused-ring (bicyclic) bond motifs is 2. The first kappa shape index (κ1) is 24.2. The van der Waals surface area contributed by atoms with Crippen molar-refractivity contribution in [2.24, 2.45) is 0 Å². The largest absolute Gasteiger partial charge is 0.342 e. The van der Waals surface area contributed by atoms with Gasteiger partial charge in [0, 0.05) is 23.3 Å². The van der Waals surface area contributed by atoms with Gasteiger partial charge in [-0.1, -0.05) is 30.2 Å². The van der Waals surface area contributed by atoms with E-state index in [0.717, 1.165) is 0 Å². The van der Waals surface area contributed by atoms with Gasteiger partial charge < -0.3 is 5.32 Å². The van der Waals surface area contributed by atoms with E-state index >= 15 is 0 Å². The maximum absolute atomic E-state index is 14.1. The van der Waals surface area contributed by atoms with Crippen LogP contribution in [0.2, 0.25) is 0 Å². The fraction of sp³-hybridized carbons (Fsp3) is 0.103. The molecular weight excluding hydrogens is 510 g/mol. The van der Waals surface area contributed by atoms with Gasteiger partial charge in [0.15, 0.2) is 5.65 Å². The fourth-order valence-electron chi connectivity index (χ4n) is 4.47. The minimum absolute atomic E-state index is 0.278. The molecular formula is C29H21N7O2S. The Morgan fingerprint density at radius 2 is 1.90 bits per heavy atom. The van der Waals surface area contributed by atoms with E-state index in [4.69, 9.17) is 4.98 Å². The van der Waals surface area contributed by atoms with Gasteiger partial charge in [-0.05, 0) is 50.1 Å². The van der Waals surface area contributed by atoms with Crippen molar-refractivity contribution in [1.82, 2.24) is 34.4 Å². The predicted octanol–water partition coefficient (Wildman–Crippen LogP) is 4.08. The van der Waals surface area contributed by atoms with Crippen LogP contribution >= 0.6 is 11.3 Å². The highest BCUT2D eigenvalue weighted by molar-refractivity contribution is 7.07. The molecule has 6 aromatic rings. The fourth-order valence-corrected chi connectivity index (χ4v) is 4.95. The summed E-state index contributed by atoms with van der Waals surface area (Å²) in [6.07, 6.45) is 3.35. The molecule has 0 spiro atoms. The normalized spacial score (nSPS) is 11.7. The summed E-state index contributed by atoms with van der Waals surface area (Å²) >= 11 is 1.46. The second-order valence-corrected chi connectivity index (χ2v) is 9.53. The van der Waals surface area contributed by atoms with Crippen LogP contribution in [0, 0.1) is 18.8 Å². The van der Waals surface area contributed by atoms with Crippen LogP contribution in [0.3, 0.4) is 0 Å². The number of carbonyl (C=O) groups is 1. The first-order valence-corrected chi connectivity index (χ1v) is 13.1. The van der Waals surface area contributed by atoms with E-state index in [2.05, 4.69) is 32.2 Å². The average Bonchev–Trinajstić information content (AvgIpc) is 3.59. The van der Waals surface area contributed by atoms with Crippen molar-refractivity contribution >= 4 is 33.8 Å². The van der Waals surface area contributed by atoms with Gasteiger partial charge in [0.25, 0.3) is 11.5 Å². The van der Waals surface area contributed by atoms with Gasteiger partial charge in [0.2, 0.25) is 0 Å². The first-order valence-electron chi connectivity index (χ1n) is 12.1. The van der Waals surface area contributed by atoms with E-state index in [-0.39, 0.29) is 11.5 Å². The number of rotatable bonds is 4. The lowest BCUT2D eigenvalue weighted by Gasteiger charge is -2.20. The Bertz CT molecular complexity index is 1970. The quantitative estimate of drug-likeness (QED) is 0.344. The number of thiazole rings is 1. The number of nitrogens with one attached hydrogen (secondary N) is 1. The van der Waals surface area contributed by atoms with Crippen LogP contribution in [0.5, 0.6) is 0 Å². The van der Waals surface area contributed by atoms with Crippen molar-refractivity contribution in [3.63, 3.8) is 0 Å². The van der Waals surface area contributed by atoms with E-state index in [1.165, 1.54) is 15.9 Å². The van der Waals surface area contributed by atoms with Gasteiger partial charge in [-0.2, -0.15) is 5.10 Å². The van der Waals surface area contributed by atoms with E-state index in [0.29, 0.717) is 50.6 Å². The molecule has 9 nitrogen and oxygen atoms in total. The van der Waals surface area contributed by atoms with E-state index in [1.54, 1.807) is 54.5 Å². The van der Waals surface area contributed by atoms with Crippen LogP contribution < -0.4 is 10.9 Å². The van der Waals surface area contributed by atoms with Crippen molar-refractivity contribution in [2.45, 2.75) is 19.9 Å². The van der Waals surface area contributed by atoms with Crippen molar-refractivity contribution in [1.29, 1.82) is 0 Å². The molecule has 39 heavy (non-hydrogen) atoms. The van der Waals surface area contributed by atoms with Crippen LogP contribution in [0.15, 0.2) is 82.7 Å². The van der Waals surface area contributed by atoms with Gasteiger partial charge in [-0.15, -0.1) is 11.3 Å². The zero-order valence-electron chi connectivity index (χ0n) is 21.0. The molecule has 0 fully saturated rings. The van der Waals surface area contributed by atoms with Gasteiger partial charge >= 0.3 is 0 Å². The molecule has 190 valence electrons. The molecule has 1 atom stereocenters. The monoisotopic (exact) mass is 531 g/mol. The van der Waals surface area contributed by atoms with Crippen LogP contribution in [0.4, 0.5) is 0 Å².